The van der Waals surface area contributed by atoms with Crippen LogP contribution in [0.4, 0.5) is 5.69 Å². The van der Waals surface area contributed by atoms with Gasteiger partial charge in [0.25, 0.3) is 5.91 Å². The Balaban J connectivity index is 1.84. The van der Waals surface area contributed by atoms with Crippen molar-refractivity contribution in [2.75, 3.05) is 0 Å². The van der Waals surface area contributed by atoms with E-state index in [1.54, 1.807) is 24.3 Å². The van der Waals surface area contributed by atoms with Crippen molar-refractivity contribution in [2.24, 2.45) is 4.99 Å². The molecule has 0 radical (unpaired) electrons. The van der Waals surface area contributed by atoms with E-state index in [1.807, 2.05) is 12.1 Å². The van der Waals surface area contributed by atoms with E-state index in [0.29, 0.717) is 17.3 Å². The highest BCUT2D eigenvalue weighted by molar-refractivity contribution is 14.1. The normalized spacial score (nSPS) is 10.9. The molecule has 2 rings (SSSR count). The molecule has 2 aromatic rings. The fourth-order valence-electron chi connectivity index (χ4n) is 1.65. The average molecular weight is 556 g/mol. The van der Waals surface area contributed by atoms with E-state index in [1.165, 1.54) is 6.21 Å². The van der Waals surface area contributed by atoms with Crippen LogP contribution in [0.5, 0.6) is 5.75 Å². The van der Waals surface area contributed by atoms with Crippen LogP contribution in [0.2, 0.25) is 5.02 Å². The lowest BCUT2D eigenvalue weighted by molar-refractivity contribution is -0.115. The van der Waals surface area contributed by atoms with Gasteiger partial charge in [-0.05, 0) is 87.1 Å². The molecule has 0 saturated heterocycles. The number of benzene rings is 2. The molecule has 0 saturated carbocycles. The summed E-state index contributed by atoms with van der Waals surface area (Å²) in [5.74, 6) is -0.0859. The lowest BCUT2D eigenvalue weighted by Gasteiger charge is -2.08. The summed E-state index contributed by atoms with van der Waals surface area (Å²) in [5, 5.41) is 10.3. The Hall–Kier alpha value is -0.910. The van der Waals surface area contributed by atoms with Crippen LogP contribution in [-0.4, -0.2) is 17.2 Å². The highest BCUT2D eigenvalue weighted by Crippen LogP contribution is 2.27. The fourth-order valence-corrected chi connectivity index (χ4v) is 3.67. The van der Waals surface area contributed by atoms with Crippen molar-refractivity contribution < 1.29 is 9.90 Å². The number of hydrogen-bond donors (Lipinski definition) is 3. The molecule has 5 nitrogen and oxygen atoms in total. The number of hydrogen-bond acceptors (Lipinski definition) is 4. The Kier molecular flexibility index (Phi) is 7.06. The number of phenolic OH excluding ortho intramolecular Hbond substituents is 1. The number of halogens is 3. The average Bonchev–Trinajstić information content (AvgIpc) is 2.52. The van der Waals surface area contributed by atoms with Crippen LogP contribution in [0.15, 0.2) is 41.4 Å². The van der Waals surface area contributed by atoms with E-state index >= 15 is 0 Å². The van der Waals surface area contributed by atoms with E-state index in [2.05, 4.69) is 61.0 Å². The van der Waals surface area contributed by atoms with Gasteiger partial charge in [0, 0.05) is 11.6 Å². The Morgan fingerprint density at radius 3 is 2.43 bits per heavy atom. The lowest BCUT2D eigenvalue weighted by atomic mass is 10.2. The maximum Gasteiger partial charge on any atom is 0.276 e. The Labute approximate surface area is 165 Å². The summed E-state index contributed by atoms with van der Waals surface area (Å²) < 4.78 is 1.53. The number of nitrogens with one attached hydrogen (secondary N) is 2. The zero-order valence-electron chi connectivity index (χ0n) is 11.7. The van der Waals surface area contributed by atoms with Gasteiger partial charge in [0.05, 0.1) is 19.0 Å². The first kappa shape index (κ1) is 18.4. The van der Waals surface area contributed by atoms with Crippen molar-refractivity contribution in [1.82, 2.24) is 10.9 Å². The van der Waals surface area contributed by atoms with Crippen LogP contribution < -0.4 is 10.9 Å². The van der Waals surface area contributed by atoms with Crippen molar-refractivity contribution in [3.05, 3.63) is 54.1 Å². The molecular formula is C15H12ClI2N3O2. The lowest BCUT2D eigenvalue weighted by Crippen LogP contribution is -2.37. The van der Waals surface area contributed by atoms with Gasteiger partial charge in [0.15, 0.2) is 0 Å². The number of carbonyl (C=O) groups is 1. The summed E-state index contributed by atoms with van der Waals surface area (Å²) in [4.78, 5) is 15.7. The van der Waals surface area contributed by atoms with Crippen LogP contribution in [-0.2, 0) is 11.3 Å². The van der Waals surface area contributed by atoms with Crippen molar-refractivity contribution in [3.8, 4) is 5.75 Å². The molecule has 0 heterocycles. The van der Waals surface area contributed by atoms with Crippen LogP contribution in [0.3, 0.4) is 0 Å². The Morgan fingerprint density at radius 1 is 1.22 bits per heavy atom. The molecule has 2 aromatic carbocycles. The number of aromatic hydroxyl groups is 1. The van der Waals surface area contributed by atoms with Gasteiger partial charge in [0.2, 0.25) is 0 Å². The third kappa shape index (κ3) is 5.90. The zero-order valence-corrected chi connectivity index (χ0v) is 16.8. The predicted molar refractivity (Wildman–Crippen MR) is 108 cm³/mol. The maximum absolute atomic E-state index is 11.7. The van der Waals surface area contributed by atoms with Crippen LogP contribution in [0.25, 0.3) is 0 Å². The van der Waals surface area contributed by atoms with Crippen molar-refractivity contribution in [2.45, 2.75) is 6.54 Å². The summed E-state index contributed by atoms with van der Waals surface area (Å²) in [6, 6.07) is 10.6. The third-order valence-corrected chi connectivity index (χ3v) is 4.63. The van der Waals surface area contributed by atoms with E-state index in [-0.39, 0.29) is 11.7 Å². The van der Waals surface area contributed by atoms with Gasteiger partial charge >= 0.3 is 0 Å². The third-order valence-electron chi connectivity index (χ3n) is 2.74. The first-order valence-electron chi connectivity index (χ1n) is 6.45. The Morgan fingerprint density at radius 2 is 1.83 bits per heavy atom. The number of rotatable bonds is 5. The minimum atomic E-state index is -0.358. The molecule has 0 bridgehead atoms. The minimum Gasteiger partial charge on any atom is -0.506 e. The van der Waals surface area contributed by atoms with Gasteiger partial charge in [-0.1, -0.05) is 11.6 Å². The first-order valence-corrected chi connectivity index (χ1v) is 8.98. The van der Waals surface area contributed by atoms with Gasteiger partial charge in [-0.2, -0.15) is 0 Å². The van der Waals surface area contributed by atoms with Gasteiger partial charge in [0.1, 0.15) is 5.75 Å². The largest absolute Gasteiger partial charge is 0.506 e. The van der Waals surface area contributed by atoms with Gasteiger partial charge in [-0.15, -0.1) is 0 Å². The molecule has 0 unspecified atom stereocenters. The summed E-state index contributed by atoms with van der Waals surface area (Å²) in [6.07, 6.45) is 1.20. The monoisotopic (exact) mass is 555 g/mol. The summed E-state index contributed by atoms with van der Waals surface area (Å²) >= 11 is 9.90. The highest BCUT2D eigenvalue weighted by atomic mass is 127. The SMILES string of the molecule is O=C(C=Nc1ccc(Cl)cc1)NNCc1cc(I)c(O)c(I)c1. The smallest absolute Gasteiger partial charge is 0.276 e. The highest BCUT2D eigenvalue weighted by Gasteiger charge is 2.05. The molecule has 3 N–H and O–H groups in total. The molecule has 0 aromatic heterocycles. The topological polar surface area (TPSA) is 73.7 Å². The van der Waals surface area contributed by atoms with Crippen LogP contribution in [0, 0.1) is 7.14 Å². The van der Waals surface area contributed by atoms with Gasteiger partial charge in [-0.3, -0.25) is 15.2 Å². The van der Waals surface area contributed by atoms with E-state index in [9.17, 15) is 9.90 Å². The molecule has 0 spiro atoms. The fraction of sp³-hybridized carbons (Fsp3) is 0.0667. The Bertz CT molecular complexity index is 713. The summed E-state index contributed by atoms with van der Waals surface area (Å²) in [6.45, 7) is 0.437. The quantitative estimate of drug-likeness (QED) is 0.299. The van der Waals surface area contributed by atoms with Gasteiger partial charge in [-0.25, -0.2) is 5.43 Å². The molecular weight excluding hydrogens is 543 g/mol. The zero-order chi connectivity index (χ0) is 16.8. The number of phenols is 1. The second-order valence-corrected chi connectivity index (χ2v) is 7.25. The summed E-state index contributed by atoms with van der Waals surface area (Å²) in [5.41, 5.74) is 6.95. The number of aliphatic imine (C=N–C) groups is 1. The predicted octanol–water partition coefficient (Wildman–Crippen LogP) is 3.78. The minimum absolute atomic E-state index is 0.272. The van der Waals surface area contributed by atoms with Crippen molar-refractivity contribution in [3.63, 3.8) is 0 Å². The maximum atomic E-state index is 11.7. The number of hydrazine groups is 1. The van der Waals surface area contributed by atoms with E-state index in [0.717, 1.165) is 12.7 Å². The van der Waals surface area contributed by atoms with E-state index < -0.39 is 0 Å². The van der Waals surface area contributed by atoms with E-state index in [4.69, 9.17) is 11.6 Å². The number of nitrogens with zero attached hydrogens (tertiary/aromatic N) is 1. The molecule has 23 heavy (non-hydrogen) atoms. The molecule has 0 fully saturated rings. The van der Waals surface area contributed by atoms with Gasteiger partial charge < -0.3 is 5.11 Å². The molecule has 0 aliphatic heterocycles. The molecule has 0 atom stereocenters. The molecule has 1 amide bonds. The number of carbonyl (C=O) groups excluding carboxylic acids is 1. The van der Waals surface area contributed by atoms with Crippen LogP contribution >= 0.6 is 56.8 Å². The molecule has 120 valence electrons. The first-order chi connectivity index (χ1) is 11.0. The van der Waals surface area contributed by atoms with Crippen LogP contribution in [0.1, 0.15) is 5.56 Å². The second kappa shape index (κ2) is 8.81. The second-order valence-electron chi connectivity index (χ2n) is 4.49. The van der Waals surface area contributed by atoms with Crippen molar-refractivity contribution in [1.29, 1.82) is 0 Å². The molecule has 0 aliphatic rings. The molecule has 0 aliphatic carbocycles. The molecule has 8 heteroatoms. The number of amides is 1. The standard InChI is InChI=1S/C15H12ClI2N3O2/c16-10-1-3-11(4-2-10)19-8-14(22)21-20-7-9-5-12(17)15(23)13(18)6-9/h1-6,8,20,23H,7H2,(H,21,22). The summed E-state index contributed by atoms with van der Waals surface area (Å²) in [7, 11) is 0. The van der Waals surface area contributed by atoms with Crippen molar-refractivity contribution >= 4 is 74.6 Å².